The van der Waals surface area contributed by atoms with Gasteiger partial charge in [0.05, 0.1) is 5.56 Å². The summed E-state index contributed by atoms with van der Waals surface area (Å²) >= 11 is 0. The average molecular weight is 381 g/mol. The summed E-state index contributed by atoms with van der Waals surface area (Å²) in [6.45, 7) is 3.10. The van der Waals surface area contributed by atoms with Crippen molar-refractivity contribution in [1.29, 1.82) is 0 Å². The summed E-state index contributed by atoms with van der Waals surface area (Å²) in [7, 11) is 0. The molecule has 28 heavy (non-hydrogen) atoms. The number of aromatic nitrogens is 1. The molecule has 1 aromatic heterocycles. The molecule has 0 radical (unpaired) electrons. The van der Waals surface area contributed by atoms with Gasteiger partial charge in [-0.15, -0.1) is 0 Å². The van der Waals surface area contributed by atoms with Crippen LogP contribution in [0.15, 0.2) is 30.5 Å². The van der Waals surface area contributed by atoms with E-state index >= 15 is 0 Å². The van der Waals surface area contributed by atoms with Crippen LogP contribution >= 0.6 is 0 Å². The molecule has 2 fully saturated rings. The summed E-state index contributed by atoms with van der Waals surface area (Å²) in [5.41, 5.74) is 1.22. The summed E-state index contributed by atoms with van der Waals surface area (Å²) in [4.78, 5) is 42.0. The summed E-state index contributed by atoms with van der Waals surface area (Å²) in [6.07, 6.45) is 7.90. The van der Waals surface area contributed by atoms with Crippen molar-refractivity contribution >= 4 is 28.5 Å². The SMILES string of the molecule is O=C(C(=O)N1CCCCCC1)c1cn(CC(=O)N2CCCC2)c2ccccc12. The molecule has 0 aliphatic carbocycles. The van der Waals surface area contributed by atoms with E-state index in [-0.39, 0.29) is 12.5 Å². The average Bonchev–Trinajstić information content (AvgIpc) is 3.29. The molecule has 0 unspecified atom stereocenters. The van der Waals surface area contributed by atoms with Crippen LogP contribution in [0, 0.1) is 0 Å². The van der Waals surface area contributed by atoms with Crippen LogP contribution in [0.2, 0.25) is 0 Å². The first kappa shape index (κ1) is 18.7. The molecule has 148 valence electrons. The predicted octanol–water partition coefficient (Wildman–Crippen LogP) is 2.85. The highest BCUT2D eigenvalue weighted by Gasteiger charge is 2.27. The molecule has 0 spiro atoms. The lowest BCUT2D eigenvalue weighted by atomic mass is 10.1. The highest BCUT2D eigenvalue weighted by Crippen LogP contribution is 2.23. The van der Waals surface area contributed by atoms with Gasteiger partial charge < -0.3 is 14.4 Å². The van der Waals surface area contributed by atoms with Gasteiger partial charge in [-0.25, -0.2) is 0 Å². The first-order chi connectivity index (χ1) is 13.6. The van der Waals surface area contributed by atoms with E-state index in [9.17, 15) is 14.4 Å². The molecule has 2 saturated heterocycles. The van der Waals surface area contributed by atoms with E-state index in [1.165, 1.54) is 0 Å². The van der Waals surface area contributed by atoms with E-state index in [0.717, 1.165) is 62.5 Å². The smallest absolute Gasteiger partial charge is 0.295 e. The minimum Gasteiger partial charge on any atom is -0.341 e. The Balaban J connectivity index is 1.60. The molecule has 0 bridgehead atoms. The second-order valence-corrected chi connectivity index (χ2v) is 7.81. The molecule has 2 aromatic rings. The van der Waals surface area contributed by atoms with Crippen molar-refractivity contribution in [3.05, 3.63) is 36.0 Å². The Bertz CT molecular complexity index is 888. The molecule has 0 atom stereocenters. The van der Waals surface area contributed by atoms with Crippen LogP contribution in [0.4, 0.5) is 0 Å². The summed E-state index contributed by atoms with van der Waals surface area (Å²) in [5, 5.41) is 0.741. The number of carbonyl (C=O) groups is 3. The van der Waals surface area contributed by atoms with Crippen molar-refractivity contribution in [2.45, 2.75) is 45.1 Å². The van der Waals surface area contributed by atoms with Crippen LogP contribution in [-0.4, -0.2) is 58.1 Å². The molecule has 0 saturated carbocycles. The lowest BCUT2D eigenvalue weighted by Crippen LogP contribution is -2.37. The summed E-state index contributed by atoms with van der Waals surface area (Å²) in [6, 6.07) is 7.51. The van der Waals surface area contributed by atoms with Crippen molar-refractivity contribution < 1.29 is 14.4 Å². The zero-order valence-corrected chi connectivity index (χ0v) is 16.2. The van der Waals surface area contributed by atoms with E-state index in [4.69, 9.17) is 0 Å². The largest absolute Gasteiger partial charge is 0.341 e. The highest BCUT2D eigenvalue weighted by molar-refractivity contribution is 6.44. The van der Waals surface area contributed by atoms with Gasteiger partial charge in [0.2, 0.25) is 5.91 Å². The fourth-order valence-electron chi connectivity index (χ4n) is 4.30. The van der Waals surface area contributed by atoms with E-state index in [1.807, 2.05) is 33.7 Å². The lowest BCUT2D eigenvalue weighted by Gasteiger charge is -2.19. The number of nitrogens with zero attached hydrogens (tertiary/aromatic N) is 3. The van der Waals surface area contributed by atoms with Crippen LogP contribution in [-0.2, 0) is 16.1 Å². The highest BCUT2D eigenvalue weighted by atomic mass is 16.2. The first-order valence-electron chi connectivity index (χ1n) is 10.3. The lowest BCUT2D eigenvalue weighted by molar-refractivity contribution is -0.130. The number of rotatable bonds is 4. The molecule has 6 nitrogen and oxygen atoms in total. The zero-order chi connectivity index (χ0) is 19.5. The second kappa shape index (κ2) is 8.17. The number of fused-ring (bicyclic) bond motifs is 1. The number of para-hydroxylation sites is 1. The maximum Gasteiger partial charge on any atom is 0.295 e. The first-order valence-corrected chi connectivity index (χ1v) is 10.3. The van der Waals surface area contributed by atoms with Gasteiger partial charge in [0.15, 0.2) is 0 Å². The van der Waals surface area contributed by atoms with E-state index in [2.05, 4.69) is 0 Å². The number of hydrogen-bond donors (Lipinski definition) is 0. The van der Waals surface area contributed by atoms with Crippen LogP contribution in [0.3, 0.4) is 0 Å². The molecule has 2 aliphatic heterocycles. The van der Waals surface area contributed by atoms with Crippen LogP contribution < -0.4 is 0 Å². The Hall–Kier alpha value is -2.63. The van der Waals surface area contributed by atoms with Crippen molar-refractivity contribution in [3.8, 4) is 0 Å². The maximum absolute atomic E-state index is 13.0. The van der Waals surface area contributed by atoms with Crippen molar-refractivity contribution in [3.63, 3.8) is 0 Å². The molecular weight excluding hydrogens is 354 g/mol. The molecule has 2 amide bonds. The van der Waals surface area contributed by atoms with E-state index < -0.39 is 11.7 Å². The molecule has 3 heterocycles. The third kappa shape index (κ3) is 3.68. The van der Waals surface area contributed by atoms with E-state index in [0.29, 0.717) is 18.7 Å². The molecule has 2 aliphatic rings. The van der Waals surface area contributed by atoms with Gasteiger partial charge >= 0.3 is 0 Å². The molecule has 1 aromatic carbocycles. The Kier molecular flexibility index (Phi) is 5.46. The Morgan fingerprint density at radius 2 is 1.39 bits per heavy atom. The third-order valence-corrected chi connectivity index (χ3v) is 5.89. The van der Waals surface area contributed by atoms with Gasteiger partial charge in [-0.3, -0.25) is 14.4 Å². The number of amides is 2. The van der Waals surface area contributed by atoms with Crippen molar-refractivity contribution in [2.75, 3.05) is 26.2 Å². The van der Waals surface area contributed by atoms with Gasteiger partial charge in [-0.05, 0) is 31.7 Å². The maximum atomic E-state index is 13.0. The van der Waals surface area contributed by atoms with Gasteiger partial charge in [0.25, 0.3) is 11.7 Å². The number of benzene rings is 1. The summed E-state index contributed by atoms with van der Waals surface area (Å²) < 4.78 is 1.82. The van der Waals surface area contributed by atoms with Crippen LogP contribution in [0.5, 0.6) is 0 Å². The predicted molar refractivity (Wildman–Crippen MR) is 107 cm³/mol. The Morgan fingerprint density at radius 3 is 2.11 bits per heavy atom. The fourth-order valence-corrected chi connectivity index (χ4v) is 4.30. The number of ketones is 1. The Morgan fingerprint density at radius 1 is 0.786 bits per heavy atom. The van der Waals surface area contributed by atoms with Gasteiger partial charge in [-0.2, -0.15) is 0 Å². The topological polar surface area (TPSA) is 62.6 Å². The number of likely N-dealkylation sites (tertiary alicyclic amines) is 2. The normalized spacial score (nSPS) is 17.7. The van der Waals surface area contributed by atoms with Crippen LogP contribution in [0.1, 0.15) is 48.9 Å². The van der Waals surface area contributed by atoms with Gasteiger partial charge in [0.1, 0.15) is 6.54 Å². The fraction of sp³-hybridized carbons (Fsp3) is 0.500. The summed E-state index contributed by atoms with van der Waals surface area (Å²) in [5.74, 6) is -0.822. The van der Waals surface area contributed by atoms with Crippen molar-refractivity contribution in [2.24, 2.45) is 0 Å². The molecular formula is C22H27N3O3. The van der Waals surface area contributed by atoms with Crippen molar-refractivity contribution in [1.82, 2.24) is 14.4 Å². The third-order valence-electron chi connectivity index (χ3n) is 5.89. The number of Topliss-reactive ketones (excluding diaryl/α,β-unsaturated/α-hetero) is 1. The molecule has 0 N–H and O–H groups in total. The minimum absolute atomic E-state index is 0.0658. The van der Waals surface area contributed by atoms with E-state index in [1.54, 1.807) is 11.1 Å². The molecule has 6 heteroatoms. The van der Waals surface area contributed by atoms with Gasteiger partial charge in [-0.1, -0.05) is 31.0 Å². The monoisotopic (exact) mass is 381 g/mol. The number of carbonyl (C=O) groups excluding carboxylic acids is 3. The van der Waals surface area contributed by atoms with Crippen LogP contribution in [0.25, 0.3) is 10.9 Å². The number of hydrogen-bond acceptors (Lipinski definition) is 3. The second-order valence-electron chi connectivity index (χ2n) is 7.81. The minimum atomic E-state index is -0.467. The Labute approximate surface area is 165 Å². The molecule has 4 rings (SSSR count). The standard InChI is InChI=1S/C22H27N3O3/c26-20(23-11-7-8-12-23)16-25-15-18(17-9-3-4-10-19(17)25)21(27)22(28)24-13-5-1-2-6-14-24/h3-4,9-10,15H,1-2,5-8,11-14,16H2. The zero-order valence-electron chi connectivity index (χ0n) is 16.2. The quantitative estimate of drug-likeness (QED) is 0.604. The van der Waals surface area contributed by atoms with Gasteiger partial charge in [0, 0.05) is 43.3 Å².